The van der Waals surface area contributed by atoms with Crippen molar-refractivity contribution in [2.45, 2.75) is 97.8 Å². The van der Waals surface area contributed by atoms with Gasteiger partial charge in [0.2, 0.25) is 23.6 Å². The lowest BCUT2D eigenvalue weighted by Crippen LogP contribution is -2.58. The van der Waals surface area contributed by atoms with Crippen LogP contribution < -0.4 is 16.0 Å². The first-order chi connectivity index (χ1) is 16.9. The molecule has 1 aliphatic carbocycles. The van der Waals surface area contributed by atoms with Gasteiger partial charge in [-0.3, -0.25) is 19.2 Å². The Morgan fingerprint density at radius 1 is 1.11 bits per heavy atom. The van der Waals surface area contributed by atoms with Gasteiger partial charge in [0.15, 0.2) is 0 Å². The highest BCUT2D eigenvalue weighted by Crippen LogP contribution is 2.31. The molecule has 1 heterocycles. The Morgan fingerprint density at radius 2 is 1.81 bits per heavy atom. The number of nitrogens with zero attached hydrogens (tertiary/aromatic N) is 1. The second-order valence-corrected chi connectivity index (χ2v) is 11.4. The average Bonchev–Trinajstić information content (AvgIpc) is 3.24. The molecule has 8 nitrogen and oxygen atoms in total. The van der Waals surface area contributed by atoms with Gasteiger partial charge in [-0.05, 0) is 48.6 Å². The van der Waals surface area contributed by atoms with Crippen molar-refractivity contribution >= 4 is 23.6 Å². The molecule has 0 radical (unpaired) electrons. The minimum atomic E-state index is -0.791. The number of nitrogens with one attached hydrogen (secondary N) is 3. The summed E-state index contributed by atoms with van der Waals surface area (Å²) >= 11 is 0. The van der Waals surface area contributed by atoms with Gasteiger partial charge in [0.25, 0.3) is 0 Å². The van der Waals surface area contributed by atoms with Crippen molar-refractivity contribution in [2.24, 2.45) is 11.3 Å². The lowest BCUT2D eigenvalue weighted by molar-refractivity contribution is -0.144. The van der Waals surface area contributed by atoms with Gasteiger partial charge in [0, 0.05) is 25.4 Å². The molecule has 198 valence electrons. The van der Waals surface area contributed by atoms with Crippen LogP contribution in [0.5, 0.6) is 0 Å². The molecule has 1 aromatic rings. The van der Waals surface area contributed by atoms with Crippen LogP contribution in [0, 0.1) is 11.3 Å². The fraction of sp³-hybridized carbons (Fsp3) is 0.643. The van der Waals surface area contributed by atoms with E-state index in [1.54, 1.807) is 4.90 Å². The summed E-state index contributed by atoms with van der Waals surface area (Å²) in [5, 5.41) is 9.01. The number of amides is 4. The van der Waals surface area contributed by atoms with Gasteiger partial charge >= 0.3 is 0 Å². The molecule has 0 spiro atoms. The molecule has 3 N–H and O–H groups in total. The first-order valence-corrected chi connectivity index (χ1v) is 13.2. The molecule has 0 aromatic heterocycles. The van der Waals surface area contributed by atoms with Gasteiger partial charge in [-0.25, -0.2) is 0 Å². The van der Waals surface area contributed by atoms with Crippen LogP contribution in [0.4, 0.5) is 0 Å². The number of carbonyl (C=O) groups is 4. The molecule has 0 saturated carbocycles. The quantitative estimate of drug-likeness (QED) is 0.537. The van der Waals surface area contributed by atoms with Crippen LogP contribution in [0.1, 0.15) is 84.4 Å². The van der Waals surface area contributed by atoms with Crippen LogP contribution in [0.2, 0.25) is 0 Å². The molecule has 1 aliphatic heterocycles. The van der Waals surface area contributed by atoms with Crippen molar-refractivity contribution in [1.82, 2.24) is 20.9 Å². The molecule has 0 bridgehead atoms. The Morgan fingerprint density at radius 3 is 2.44 bits per heavy atom. The molecule has 36 heavy (non-hydrogen) atoms. The number of benzene rings is 1. The summed E-state index contributed by atoms with van der Waals surface area (Å²) in [6.07, 6.45) is 3.82. The third kappa shape index (κ3) is 6.45. The zero-order chi connectivity index (χ0) is 26.6. The molecule has 1 aromatic carbocycles. The second-order valence-electron chi connectivity index (χ2n) is 11.4. The summed E-state index contributed by atoms with van der Waals surface area (Å²) in [5.41, 5.74) is 1.81. The van der Waals surface area contributed by atoms with Gasteiger partial charge in [0.05, 0.1) is 6.04 Å². The number of likely N-dealkylation sites (tertiary alicyclic amines) is 1. The van der Waals surface area contributed by atoms with Crippen molar-refractivity contribution in [3.8, 4) is 0 Å². The monoisotopic (exact) mass is 498 g/mol. The molecular formula is C28H42N4O4. The zero-order valence-electron chi connectivity index (χ0n) is 22.5. The number of carbonyl (C=O) groups excluding carboxylic acids is 4. The summed E-state index contributed by atoms with van der Waals surface area (Å²) in [5.74, 6) is -1.12. The maximum absolute atomic E-state index is 13.9. The van der Waals surface area contributed by atoms with Gasteiger partial charge < -0.3 is 20.9 Å². The van der Waals surface area contributed by atoms with Crippen molar-refractivity contribution in [1.29, 1.82) is 0 Å². The van der Waals surface area contributed by atoms with E-state index in [0.29, 0.717) is 12.8 Å². The normalized spacial score (nSPS) is 23.3. The van der Waals surface area contributed by atoms with Crippen molar-refractivity contribution in [2.75, 3.05) is 6.54 Å². The van der Waals surface area contributed by atoms with Crippen molar-refractivity contribution < 1.29 is 19.2 Å². The van der Waals surface area contributed by atoms with Crippen LogP contribution >= 0.6 is 0 Å². The Balaban J connectivity index is 1.85. The smallest absolute Gasteiger partial charge is 0.246 e. The minimum Gasteiger partial charge on any atom is -0.352 e. The van der Waals surface area contributed by atoms with Crippen molar-refractivity contribution in [3.05, 3.63) is 35.4 Å². The highest BCUT2D eigenvalue weighted by Gasteiger charge is 2.45. The standard InChI is InChI=1S/C28H42N4O4/c1-7-17(2)25(34)31-24(28(4,5)6)27(36)32-16-20(29-18(3)33)15-23(32)26(35)30-22-14-10-12-19-11-8-9-13-21(19)22/h8-9,11,13,17,20,22-24H,7,10,12,14-16H2,1-6H3,(H,29,33)(H,30,35)(H,31,34)/t17-,20-,22+,23-,24+/m0/s1. The highest BCUT2D eigenvalue weighted by molar-refractivity contribution is 5.93. The third-order valence-corrected chi connectivity index (χ3v) is 7.44. The van der Waals surface area contributed by atoms with Gasteiger partial charge in [-0.1, -0.05) is 58.9 Å². The number of aryl methyl sites for hydroxylation is 1. The van der Waals surface area contributed by atoms with E-state index in [4.69, 9.17) is 0 Å². The Labute approximate surface area is 215 Å². The Bertz CT molecular complexity index is 986. The number of rotatable bonds is 7. The molecule has 8 heteroatoms. The van der Waals surface area contributed by atoms with Crippen LogP contribution in [0.3, 0.4) is 0 Å². The predicted octanol–water partition coefficient (Wildman–Crippen LogP) is 2.86. The fourth-order valence-electron chi connectivity index (χ4n) is 5.18. The largest absolute Gasteiger partial charge is 0.352 e. The van der Waals surface area contributed by atoms with Gasteiger partial charge in [-0.2, -0.15) is 0 Å². The molecule has 5 atom stereocenters. The van der Waals surface area contributed by atoms with Crippen molar-refractivity contribution in [3.63, 3.8) is 0 Å². The maximum atomic E-state index is 13.9. The first kappa shape index (κ1) is 27.7. The summed E-state index contributed by atoms with van der Waals surface area (Å²) in [6.45, 7) is 11.1. The maximum Gasteiger partial charge on any atom is 0.246 e. The minimum absolute atomic E-state index is 0.109. The Hall–Kier alpha value is -2.90. The summed E-state index contributed by atoms with van der Waals surface area (Å²) in [7, 11) is 0. The summed E-state index contributed by atoms with van der Waals surface area (Å²) < 4.78 is 0. The summed E-state index contributed by atoms with van der Waals surface area (Å²) in [4.78, 5) is 53.6. The van der Waals surface area contributed by atoms with E-state index in [-0.39, 0.29) is 48.2 Å². The topological polar surface area (TPSA) is 108 Å². The van der Waals surface area contributed by atoms with Crippen LogP contribution in [-0.4, -0.2) is 53.2 Å². The molecule has 0 unspecified atom stereocenters. The van der Waals surface area contributed by atoms with E-state index in [1.165, 1.54) is 12.5 Å². The van der Waals surface area contributed by atoms with E-state index in [9.17, 15) is 19.2 Å². The van der Waals surface area contributed by atoms with Gasteiger partial charge in [-0.15, -0.1) is 0 Å². The van der Waals surface area contributed by atoms with E-state index in [2.05, 4.69) is 28.1 Å². The number of fused-ring (bicyclic) bond motifs is 1. The molecule has 2 aliphatic rings. The lowest BCUT2D eigenvalue weighted by Gasteiger charge is -2.36. The predicted molar refractivity (Wildman–Crippen MR) is 139 cm³/mol. The molecule has 1 fully saturated rings. The second kappa shape index (κ2) is 11.4. The van der Waals surface area contributed by atoms with Crippen LogP contribution in [-0.2, 0) is 25.6 Å². The lowest BCUT2D eigenvalue weighted by atomic mass is 9.85. The van der Waals surface area contributed by atoms with E-state index in [1.807, 2.05) is 46.8 Å². The van der Waals surface area contributed by atoms with Gasteiger partial charge in [0.1, 0.15) is 12.1 Å². The van der Waals surface area contributed by atoms with E-state index >= 15 is 0 Å². The molecule has 4 amide bonds. The highest BCUT2D eigenvalue weighted by atomic mass is 16.2. The van der Waals surface area contributed by atoms with E-state index in [0.717, 1.165) is 24.8 Å². The molecule has 1 saturated heterocycles. The van der Waals surface area contributed by atoms with Crippen LogP contribution in [0.25, 0.3) is 0 Å². The first-order valence-electron chi connectivity index (χ1n) is 13.2. The molecular weight excluding hydrogens is 456 g/mol. The zero-order valence-corrected chi connectivity index (χ0v) is 22.5. The number of hydrogen-bond acceptors (Lipinski definition) is 4. The number of hydrogen-bond donors (Lipinski definition) is 3. The van der Waals surface area contributed by atoms with Crippen LogP contribution in [0.15, 0.2) is 24.3 Å². The summed E-state index contributed by atoms with van der Waals surface area (Å²) in [6, 6.07) is 6.19. The fourth-order valence-corrected chi connectivity index (χ4v) is 5.18. The third-order valence-electron chi connectivity index (χ3n) is 7.44. The molecule has 3 rings (SSSR count). The average molecular weight is 499 g/mol. The van der Waals surface area contributed by atoms with E-state index < -0.39 is 17.5 Å². The SMILES string of the molecule is CC[C@H](C)C(=O)N[C@H](C(=O)N1C[C@@H](NC(C)=O)C[C@H]1C(=O)N[C@@H]1CCCc2ccccc21)C(C)(C)C. The Kier molecular flexibility index (Phi) is 8.80.